The Bertz CT molecular complexity index is 96.6. The molecule has 0 heterocycles. The van der Waals surface area contributed by atoms with Crippen molar-refractivity contribution in [3.05, 3.63) is 37.8 Å². The van der Waals surface area contributed by atoms with Gasteiger partial charge >= 0.3 is 42.4 Å². The average molecular weight is 282 g/mol. The molecular weight excluding hydrogens is 274 g/mol. The number of rotatable bonds is 0. The van der Waals surface area contributed by atoms with Gasteiger partial charge in [0.1, 0.15) is 0 Å². The van der Waals surface area contributed by atoms with Crippen molar-refractivity contribution in [3.63, 3.8) is 0 Å². The van der Waals surface area contributed by atoms with Crippen molar-refractivity contribution in [1.82, 2.24) is 0 Å². The van der Waals surface area contributed by atoms with E-state index in [1.54, 1.807) is 0 Å². The number of hydrogen-bond donors (Lipinski definition) is 0. The number of halogens is 3. The van der Waals surface area contributed by atoms with E-state index in [0.29, 0.717) is 0 Å². The molecule has 0 saturated heterocycles. The van der Waals surface area contributed by atoms with Gasteiger partial charge in [0, 0.05) is 0 Å². The monoisotopic (exact) mass is 283 g/mol. The predicted molar refractivity (Wildman–Crippen MR) is 46.0 cm³/mol. The zero-order chi connectivity index (χ0) is 7.11. The van der Waals surface area contributed by atoms with Gasteiger partial charge in [0.25, 0.3) is 0 Å². The standard InChI is InChI=1S/C5H5.CH3.3ClH.Mo/c1-2-4-5-3-1;;;;;/h1-5H;1H3;3*1H;/q2*-1;;;;+3/p-3. The number of hydrogen-bond acceptors (Lipinski definition) is 0. The SMILES string of the molecule is [CH3-].[Cl][Mo]([Cl])[Cl].c1cc[cH-]c1. The van der Waals surface area contributed by atoms with E-state index < -0.39 is 14.2 Å². The normalized spacial score (nSPS) is 7.60. The Kier molecular flexibility index (Phi) is 13.4. The molecule has 0 saturated carbocycles. The Hall–Kier alpha value is 0.908. The van der Waals surface area contributed by atoms with E-state index in [1.807, 2.05) is 30.3 Å². The van der Waals surface area contributed by atoms with Crippen molar-refractivity contribution in [3.8, 4) is 0 Å². The Morgan fingerprint density at radius 1 is 1.00 bits per heavy atom. The molecule has 61 valence electrons. The molecule has 0 spiro atoms. The summed E-state index contributed by atoms with van der Waals surface area (Å²) in [4.78, 5) is 0. The van der Waals surface area contributed by atoms with Gasteiger partial charge in [0.2, 0.25) is 0 Å². The zero-order valence-corrected chi connectivity index (χ0v) is 9.70. The Morgan fingerprint density at radius 2 is 1.30 bits per heavy atom. The first-order valence-corrected chi connectivity index (χ1v) is 9.88. The van der Waals surface area contributed by atoms with Crippen LogP contribution in [0.5, 0.6) is 0 Å². The van der Waals surface area contributed by atoms with Gasteiger partial charge in [0.05, 0.1) is 0 Å². The van der Waals surface area contributed by atoms with Crippen LogP contribution in [0.25, 0.3) is 0 Å². The van der Waals surface area contributed by atoms with Crippen LogP contribution in [0, 0.1) is 7.43 Å². The predicted octanol–water partition coefficient (Wildman–Crippen LogP) is 3.92. The molecule has 0 nitrogen and oxygen atoms in total. The van der Waals surface area contributed by atoms with E-state index in [9.17, 15) is 0 Å². The van der Waals surface area contributed by atoms with Crippen molar-refractivity contribution in [2.75, 3.05) is 0 Å². The minimum absolute atomic E-state index is 0. The quantitative estimate of drug-likeness (QED) is 0.500. The van der Waals surface area contributed by atoms with Gasteiger partial charge in [-0.3, -0.25) is 0 Å². The fourth-order valence-corrected chi connectivity index (χ4v) is 0.321. The van der Waals surface area contributed by atoms with Crippen LogP contribution in [0.3, 0.4) is 0 Å². The summed E-state index contributed by atoms with van der Waals surface area (Å²) in [6.07, 6.45) is 0. The molecule has 4 heteroatoms. The Balaban J connectivity index is 0. The van der Waals surface area contributed by atoms with Crippen LogP contribution in [0.15, 0.2) is 30.3 Å². The molecule has 0 amide bonds. The van der Waals surface area contributed by atoms with Gasteiger partial charge in [-0.05, 0) is 0 Å². The largest absolute Gasteiger partial charge is 0.214 e. The molecule has 1 aromatic rings. The summed E-state index contributed by atoms with van der Waals surface area (Å²) in [5.74, 6) is 0. The first-order chi connectivity index (χ1) is 4.23. The second kappa shape index (κ2) is 9.91. The minimum Gasteiger partial charge on any atom is -0.214 e. The molecular formula is C6H8Cl3Mo-2. The summed E-state index contributed by atoms with van der Waals surface area (Å²) in [5, 5.41) is 0. The summed E-state index contributed by atoms with van der Waals surface area (Å²) in [6.45, 7) is 0. The fraction of sp³-hybridized carbons (Fsp3) is 0. The minimum atomic E-state index is -1.94. The fourth-order valence-electron chi connectivity index (χ4n) is 0.321. The molecule has 10 heavy (non-hydrogen) atoms. The van der Waals surface area contributed by atoms with Crippen LogP contribution in [0.2, 0.25) is 0 Å². The van der Waals surface area contributed by atoms with Gasteiger partial charge in [-0.1, -0.05) is 0 Å². The third-order valence-corrected chi connectivity index (χ3v) is 0.556. The van der Waals surface area contributed by atoms with E-state index in [2.05, 4.69) is 0 Å². The molecule has 0 aromatic heterocycles. The third-order valence-electron chi connectivity index (χ3n) is 0.556. The van der Waals surface area contributed by atoms with Gasteiger partial charge in [0.15, 0.2) is 0 Å². The van der Waals surface area contributed by atoms with E-state index in [1.165, 1.54) is 0 Å². The van der Waals surface area contributed by atoms with Crippen LogP contribution < -0.4 is 0 Å². The Morgan fingerprint density at radius 3 is 1.40 bits per heavy atom. The second-order valence-electron chi connectivity index (χ2n) is 1.14. The van der Waals surface area contributed by atoms with Gasteiger partial charge in [-0.25, -0.2) is 12.1 Å². The van der Waals surface area contributed by atoms with Crippen LogP contribution in [-0.4, -0.2) is 0 Å². The van der Waals surface area contributed by atoms with Crippen LogP contribution in [0.4, 0.5) is 0 Å². The molecule has 0 aliphatic carbocycles. The zero-order valence-electron chi connectivity index (χ0n) is 5.43. The summed E-state index contributed by atoms with van der Waals surface area (Å²) >= 11 is -1.94. The second-order valence-corrected chi connectivity index (χ2v) is 10.3. The molecule has 0 bridgehead atoms. The van der Waals surface area contributed by atoms with Crippen molar-refractivity contribution < 1.29 is 14.2 Å². The summed E-state index contributed by atoms with van der Waals surface area (Å²) in [5.41, 5.74) is 0. The molecule has 0 atom stereocenters. The molecule has 0 N–H and O–H groups in total. The Labute approximate surface area is 79.8 Å². The first kappa shape index (κ1) is 13.5. The topological polar surface area (TPSA) is 0 Å². The van der Waals surface area contributed by atoms with Gasteiger partial charge < -0.3 is 7.43 Å². The molecule has 0 aliphatic rings. The first-order valence-electron chi connectivity index (χ1n) is 2.13. The van der Waals surface area contributed by atoms with Gasteiger partial charge in [-0.2, -0.15) is 18.2 Å². The molecule has 0 fully saturated rings. The smallest absolute Gasteiger partial charge is 0.172 e. The summed E-state index contributed by atoms with van der Waals surface area (Å²) in [6, 6.07) is 10.0. The van der Waals surface area contributed by atoms with Crippen molar-refractivity contribution in [1.29, 1.82) is 0 Å². The maximum atomic E-state index is 4.98. The maximum Gasteiger partial charge on any atom is -0.172 e. The van der Waals surface area contributed by atoms with E-state index in [4.69, 9.17) is 28.3 Å². The summed E-state index contributed by atoms with van der Waals surface area (Å²) < 4.78 is 0. The third kappa shape index (κ3) is 16.0. The van der Waals surface area contributed by atoms with E-state index in [0.717, 1.165) is 0 Å². The van der Waals surface area contributed by atoms with E-state index >= 15 is 0 Å². The average Bonchev–Trinajstić information content (AvgIpc) is 2.11. The molecule has 1 rings (SSSR count). The van der Waals surface area contributed by atoms with Crippen LogP contribution >= 0.6 is 28.3 Å². The molecule has 1 aromatic carbocycles. The van der Waals surface area contributed by atoms with E-state index in [-0.39, 0.29) is 7.43 Å². The van der Waals surface area contributed by atoms with Crippen LogP contribution in [-0.2, 0) is 14.2 Å². The molecule has 0 unspecified atom stereocenters. The van der Waals surface area contributed by atoms with Crippen molar-refractivity contribution >= 4 is 28.3 Å². The van der Waals surface area contributed by atoms with Crippen molar-refractivity contribution in [2.45, 2.75) is 0 Å². The molecule has 0 radical (unpaired) electrons. The molecule has 0 aliphatic heterocycles. The van der Waals surface area contributed by atoms with Crippen LogP contribution in [0.1, 0.15) is 0 Å². The summed E-state index contributed by atoms with van der Waals surface area (Å²) in [7, 11) is 14.9. The maximum absolute atomic E-state index is 4.98. The van der Waals surface area contributed by atoms with Crippen molar-refractivity contribution in [2.24, 2.45) is 0 Å². The van der Waals surface area contributed by atoms with Gasteiger partial charge in [-0.15, -0.1) is 0 Å².